The summed E-state index contributed by atoms with van der Waals surface area (Å²) in [5, 5.41) is 0. The molecular weight excluding hydrogens is 274 g/mol. The van der Waals surface area contributed by atoms with Crippen molar-refractivity contribution in [1.29, 1.82) is 0 Å². The third-order valence-electron chi connectivity index (χ3n) is 3.12. The van der Waals surface area contributed by atoms with E-state index in [4.69, 9.17) is 9.15 Å². The summed E-state index contributed by atoms with van der Waals surface area (Å²) in [7, 11) is 0. The molecule has 108 valence electrons. The monoisotopic (exact) mass is 293 g/mol. The lowest BCUT2D eigenvalue weighted by Gasteiger charge is -2.08. The zero-order chi connectivity index (χ0) is 14.5. The van der Waals surface area contributed by atoms with E-state index < -0.39 is 5.97 Å². The Morgan fingerprint density at radius 1 is 1.40 bits per heavy atom. The molecule has 1 atom stereocenters. The largest absolute Gasteiger partial charge is 0.460 e. The number of carbonyl (C=O) groups is 1. The van der Waals surface area contributed by atoms with Crippen molar-refractivity contribution < 1.29 is 13.9 Å². The van der Waals surface area contributed by atoms with E-state index in [1.165, 1.54) is 4.88 Å². The van der Waals surface area contributed by atoms with Crippen LogP contribution in [0.15, 0.2) is 28.3 Å². The van der Waals surface area contributed by atoms with E-state index in [2.05, 4.69) is 11.9 Å². The Hall–Kier alpha value is -1.62. The third kappa shape index (κ3) is 3.70. The number of rotatable bonds is 6. The van der Waals surface area contributed by atoms with Crippen molar-refractivity contribution in [2.45, 2.75) is 39.0 Å². The van der Waals surface area contributed by atoms with Crippen LogP contribution in [0.2, 0.25) is 0 Å². The number of nitrogens with zero attached hydrogens (tertiary/aromatic N) is 1. The summed E-state index contributed by atoms with van der Waals surface area (Å²) in [6.45, 7) is 6.52. The van der Waals surface area contributed by atoms with Crippen molar-refractivity contribution in [1.82, 2.24) is 4.98 Å². The maximum absolute atomic E-state index is 11.8. The van der Waals surface area contributed by atoms with Crippen LogP contribution in [-0.4, -0.2) is 17.6 Å². The normalized spacial score (nSPS) is 12.6. The van der Waals surface area contributed by atoms with Gasteiger partial charge in [-0.1, -0.05) is 20.8 Å². The molecule has 2 heterocycles. The zero-order valence-corrected chi connectivity index (χ0v) is 12.8. The lowest BCUT2D eigenvalue weighted by atomic mass is 10.1. The lowest BCUT2D eigenvalue weighted by Crippen LogP contribution is -2.07. The van der Waals surface area contributed by atoms with E-state index in [0.717, 1.165) is 12.2 Å². The minimum absolute atomic E-state index is 0.267. The average molecular weight is 293 g/mol. The molecule has 0 aliphatic heterocycles. The molecule has 1 unspecified atom stereocenters. The molecule has 2 rings (SSSR count). The first kappa shape index (κ1) is 14.8. The van der Waals surface area contributed by atoms with Crippen LogP contribution in [0.1, 0.15) is 60.2 Å². The van der Waals surface area contributed by atoms with E-state index in [0.29, 0.717) is 12.5 Å². The highest BCUT2D eigenvalue weighted by atomic mass is 32.1. The molecule has 20 heavy (non-hydrogen) atoms. The number of thiazole rings is 1. The van der Waals surface area contributed by atoms with E-state index in [-0.39, 0.29) is 11.7 Å². The average Bonchev–Trinajstić information content (AvgIpc) is 3.09. The standard InChI is InChI=1S/C15H19NO3S/c1-10(2)12-4-5-13(19-12)15(17)18-7-6-11(3)14-8-16-9-20-14/h4-5,8-11H,6-7H2,1-3H3. The Balaban J connectivity index is 1.80. The highest BCUT2D eigenvalue weighted by Gasteiger charge is 2.15. The van der Waals surface area contributed by atoms with Gasteiger partial charge in [0, 0.05) is 17.0 Å². The summed E-state index contributed by atoms with van der Waals surface area (Å²) >= 11 is 1.62. The van der Waals surface area contributed by atoms with E-state index in [9.17, 15) is 4.79 Å². The van der Waals surface area contributed by atoms with Crippen molar-refractivity contribution in [2.75, 3.05) is 6.61 Å². The molecule has 0 aromatic carbocycles. The highest BCUT2D eigenvalue weighted by Crippen LogP contribution is 2.22. The predicted octanol–water partition coefficient (Wildman–Crippen LogP) is 4.21. The molecule has 0 fully saturated rings. The fourth-order valence-corrected chi connectivity index (χ4v) is 2.50. The number of hydrogen-bond acceptors (Lipinski definition) is 5. The minimum atomic E-state index is -0.395. The highest BCUT2D eigenvalue weighted by molar-refractivity contribution is 7.09. The van der Waals surface area contributed by atoms with Crippen molar-refractivity contribution >= 4 is 17.3 Å². The van der Waals surface area contributed by atoms with Crippen LogP contribution in [0.25, 0.3) is 0 Å². The molecule has 0 amide bonds. The fourth-order valence-electron chi connectivity index (χ4n) is 1.78. The van der Waals surface area contributed by atoms with Gasteiger partial charge in [0.2, 0.25) is 5.76 Å². The van der Waals surface area contributed by atoms with Crippen molar-refractivity contribution in [2.24, 2.45) is 0 Å². The van der Waals surface area contributed by atoms with Gasteiger partial charge in [-0.2, -0.15) is 0 Å². The zero-order valence-electron chi connectivity index (χ0n) is 12.0. The third-order valence-corrected chi connectivity index (χ3v) is 4.13. The van der Waals surface area contributed by atoms with E-state index >= 15 is 0 Å². The van der Waals surface area contributed by atoms with Crippen LogP contribution < -0.4 is 0 Å². The second kappa shape index (κ2) is 6.70. The van der Waals surface area contributed by atoms with Gasteiger partial charge >= 0.3 is 5.97 Å². The maximum atomic E-state index is 11.8. The first-order chi connectivity index (χ1) is 9.58. The summed E-state index contributed by atoms with van der Waals surface area (Å²) in [6.07, 6.45) is 2.64. The molecule has 0 bridgehead atoms. The predicted molar refractivity (Wildman–Crippen MR) is 78.2 cm³/mol. The van der Waals surface area contributed by atoms with Crippen molar-refractivity contribution in [3.05, 3.63) is 40.2 Å². The minimum Gasteiger partial charge on any atom is -0.460 e. The Morgan fingerprint density at radius 3 is 2.80 bits per heavy atom. The summed E-state index contributed by atoms with van der Waals surface area (Å²) in [6, 6.07) is 3.49. The number of ether oxygens (including phenoxy) is 1. The fraction of sp³-hybridized carbons (Fsp3) is 0.467. The second-order valence-corrected chi connectivity index (χ2v) is 6.00. The molecule has 0 aliphatic carbocycles. The Morgan fingerprint density at radius 2 is 2.20 bits per heavy atom. The molecule has 5 heteroatoms. The molecule has 2 aromatic heterocycles. The van der Waals surface area contributed by atoms with Gasteiger partial charge < -0.3 is 9.15 Å². The first-order valence-corrected chi connectivity index (χ1v) is 7.61. The number of hydrogen-bond donors (Lipinski definition) is 0. The maximum Gasteiger partial charge on any atom is 0.374 e. The summed E-state index contributed by atoms with van der Waals surface area (Å²) in [4.78, 5) is 17.1. The van der Waals surface area contributed by atoms with Crippen LogP contribution in [-0.2, 0) is 4.74 Å². The van der Waals surface area contributed by atoms with Crippen LogP contribution in [0.4, 0.5) is 0 Å². The molecule has 4 nitrogen and oxygen atoms in total. The summed E-state index contributed by atoms with van der Waals surface area (Å²) in [5.74, 6) is 1.29. The van der Waals surface area contributed by atoms with Crippen LogP contribution in [0.5, 0.6) is 0 Å². The van der Waals surface area contributed by atoms with Gasteiger partial charge in [0.1, 0.15) is 5.76 Å². The van der Waals surface area contributed by atoms with Gasteiger partial charge in [-0.15, -0.1) is 11.3 Å². The Bertz CT molecular complexity index is 545. The van der Waals surface area contributed by atoms with Crippen LogP contribution >= 0.6 is 11.3 Å². The number of carbonyl (C=O) groups excluding carboxylic acids is 1. The number of aromatic nitrogens is 1. The van der Waals surface area contributed by atoms with Crippen molar-refractivity contribution in [3.8, 4) is 0 Å². The van der Waals surface area contributed by atoms with Gasteiger partial charge in [-0.05, 0) is 24.5 Å². The Kier molecular flexibility index (Phi) is 4.95. The summed E-state index contributed by atoms with van der Waals surface area (Å²) < 4.78 is 10.7. The molecule has 0 saturated heterocycles. The molecule has 2 aromatic rings. The topological polar surface area (TPSA) is 52.3 Å². The van der Waals surface area contributed by atoms with Gasteiger partial charge in [-0.25, -0.2) is 4.79 Å². The molecular formula is C15H19NO3S. The van der Waals surface area contributed by atoms with Crippen LogP contribution in [0.3, 0.4) is 0 Å². The SMILES string of the molecule is CC(C)c1ccc(C(=O)OCCC(C)c2cncs2)o1. The number of esters is 1. The van der Waals surface area contributed by atoms with Gasteiger partial charge in [-0.3, -0.25) is 4.98 Å². The van der Waals surface area contributed by atoms with Gasteiger partial charge in [0.05, 0.1) is 12.1 Å². The Labute approximate surface area is 122 Å². The first-order valence-electron chi connectivity index (χ1n) is 6.73. The van der Waals surface area contributed by atoms with Crippen LogP contribution in [0, 0.1) is 0 Å². The molecule has 0 N–H and O–H groups in total. The summed E-state index contributed by atoms with van der Waals surface area (Å²) in [5.41, 5.74) is 1.81. The molecule has 0 saturated carbocycles. The van der Waals surface area contributed by atoms with E-state index in [1.54, 1.807) is 17.4 Å². The molecule has 0 aliphatic rings. The molecule has 0 radical (unpaired) electrons. The molecule has 0 spiro atoms. The number of furan rings is 1. The van der Waals surface area contributed by atoms with Crippen molar-refractivity contribution in [3.63, 3.8) is 0 Å². The van der Waals surface area contributed by atoms with Gasteiger partial charge in [0.15, 0.2) is 0 Å². The quantitative estimate of drug-likeness (QED) is 0.749. The van der Waals surface area contributed by atoms with Gasteiger partial charge in [0.25, 0.3) is 0 Å². The second-order valence-electron chi connectivity index (χ2n) is 5.09. The lowest BCUT2D eigenvalue weighted by molar-refractivity contribution is 0.0456. The smallest absolute Gasteiger partial charge is 0.374 e. The van der Waals surface area contributed by atoms with E-state index in [1.807, 2.05) is 31.6 Å².